The maximum absolute atomic E-state index is 9.37. The standard InChI is InChI=1S/C14H20O/c1-3-8-13(11-15)14(4-2)12-9-6-5-7-10-12/h3,5-7,9-10,13-15H,1,4,8,11H2,2H3/t13-,14+/m1/s1. The minimum Gasteiger partial charge on any atom is -0.396 e. The van der Waals surface area contributed by atoms with E-state index in [4.69, 9.17) is 0 Å². The molecule has 0 amide bonds. The van der Waals surface area contributed by atoms with Crippen molar-refractivity contribution < 1.29 is 5.11 Å². The largest absolute Gasteiger partial charge is 0.396 e. The van der Waals surface area contributed by atoms with Crippen LogP contribution in [-0.2, 0) is 0 Å². The van der Waals surface area contributed by atoms with E-state index in [1.165, 1.54) is 5.56 Å². The molecule has 0 saturated heterocycles. The third kappa shape index (κ3) is 3.21. The molecule has 0 heterocycles. The number of aliphatic hydroxyl groups is 1. The summed E-state index contributed by atoms with van der Waals surface area (Å²) in [6, 6.07) is 10.4. The van der Waals surface area contributed by atoms with Crippen LogP contribution in [0.25, 0.3) is 0 Å². The predicted octanol–water partition coefficient (Wildman–Crippen LogP) is 3.36. The summed E-state index contributed by atoms with van der Waals surface area (Å²) in [6.07, 6.45) is 3.83. The molecule has 1 nitrogen and oxygen atoms in total. The molecule has 15 heavy (non-hydrogen) atoms. The van der Waals surface area contributed by atoms with E-state index >= 15 is 0 Å². The Bertz CT molecular complexity index is 279. The molecule has 0 aromatic heterocycles. The van der Waals surface area contributed by atoms with Gasteiger partial charge in [0, 0.05) is 6.61 Å². The van der Waals surface area contributed by atoms with Crippen molar-refractivity contribution in [2.75, 3.05) is 6.61 Å². The van der Waals surface area contributed by atoms with Crippen LogP contribution in [-0.4, -0.2) is 11.7 Å². The van der Waals surface area contributed by atoms with Gasteiger partial charge in [0.05, 0.1) is 0 Å². The fourth-order valence-corrected chi connectivity index (χ4v) is 2.12. The SMILES string of the molecule is C=CC[C@H](CO)[C@@H](CC)c1ccccc1. The van der Waals surface area contributed by atoms with Gasteiger partial charge in [-0.05, 0) is 30.2 Å². The quantitative estimate of drug-likeness (QED) is 0.704. The van der Waals surface area contributed by atoms with Gasteiger partial charge < -0.3 is 5.11 Å². The molecule has 0 radical (unpaired) electrons. The Balaban J connectivity index is 2.82. The summed E-state index contributed by atoms with van der Waals surface area (Å²) in [6.45, 7) is 6.15. The van der Waals surface area contributed by atoms with Gasteiger partial charge in [-0.25, -0.2) is 0 Å². The first-order valence-corrected chi connectivity index (χ1v) is 5.60. The fraction of sp³-hybridized carbons (Fsp3) is 0.429. The average Bonchev–Trinajstić information content (AvgIpc) is 2.30. The van der Waals surface area contributed by atoms with Crippen molar-refractivity contribution in [1.82, 2.24) is 0 Å². The first kappa shape index (κ1) is 12.0. The Labute approximate surface area is 92.5 Å². The van der Waals surface area contributed by atoms with Gasteiger partial charge in [0.25, 0.3) is 0 Å². The van der Waals surface area contributed by atoms with Crippen LogP contribution < -0.4 is 0 Å². The maximum Gasteiger partial charge on any atom is 0.0468 e. The normalized spacial score (nSPS) is 14.5. The van der Waals surface area contributed by atoms with Crippen LogP contribution in [0.5, 0.6) is 0 Å². The number of benzene rings is 1. The van der Waals surface area contributed by atoms with Crippen molar-refractivity contribution in [3.63, 3.8) is 0 Å². The summed E-state index contributed by atoms with van der Waals surface area (Å²) in [7, 11) is 0. The molecule has 0 fully saturated rings. The number of hydrogen-bond acceptors (Lipinski definition) is 1. The minimum absolute atomic E-state index is 0.236. The molecule has 1 aromatic carbocycles. The molecular weight excluding hydrogens is 184 g/mol. The minimum atomic E-state index is 0.236. The number of allylic oxidation sites excluding steroid dienone is 1. The van der Waals surface area contributed by atoms with E-state index < -0.39 is 0 Å². The van der Waals surface area contributed by atoms with E-state index in [2.05, 4.69) is 37.8 Å². The zero-order valence-electron chi connectivity index (χ0n) is 9.39. The zero-order chi connectivity index (χ0) is 11.1. The van der Waals surface area contributed by atoms with Gasteiger partial charge in [0.15, 0.2) is 0 Å². The van der Waals surface area contributed by atoms with E-state index in [-0.39, 0.29) is 6.61 Å². The first-order valence-electron chi connectivity index (χ1n) is 5.60. The summed E-state index contributed by atoms with van der Waals surface area (Å²) in [5.41, 5.74) is 1.32. The van der Waals surface area contributed by atoms with Crippen LogP contribution in [0, 0.1) is 5.92 Å². The second-order valence-electron chi connectivity index (χ2n) is 3.89. The second-order valence-corrected chi connectivity index (χ2v) is 3.89. The third-order valence-corrected chi connectivity index (χ3v) is 2.94. The summed E-state index contributed by atoms with van der Waals surface area (Å²) in [5.74, 6) is 0.740. The van der Waals surface area contributed by atoms with Crippen molar-refractivity contribution in [3.05, 3.63) is 48.6 Å². The van der Waals surface area contributed by atoms with Crippen LogP contribution in [0.15, 0.2) is 43.0 Å². The van der Waals surface area contributed by atoms with Gasteiger partial charge in [-0.15, -0.1) is 6.58 Å². The lowest BCUT2D eigenvalue weighted by molar-refractivity contribution is 0.202. The smallest absolute Gasteiger partial charge is 0.0468 e. The van der Waals surface area contributed by atoms with E-state index in [0.717, 1.165) is 12.8 Å². The number of aliphatic hydroxyl groups excluding tert-OH is 1. The molecule has 1 N–H and O–H groups in total. The van der Waals surface area contributed by atoms with Crippen LogP contribution in [0.4, 0.5) is 0 Å². The average molecular weight is 204 g/mol. The van der Waals surface area contributed by atoms with Crippen molar-refractivity contribution in [2.45, 2.75) is 25.7 Å². The summed E-state index contributed by atoms with van der Waals surface area (Å²) < 4.78 is 0. The molecule has 0 bridgehead atoms. The molecule has 82 valence electrons. The van der Waals surface area contributed by atoms with Gasteiger partial charge in [-0.2, -0.15) is 0 Å². The lowest BCUT2D eigenvalue weighted by Crippen LogP contribution is -2.15. The summed E-state index contributed by atoms with van der Waals surface area (Å²) >= 11 is 0. The van der Waals surface area contributed by atoms with E-state index in [1.807, 2.05) is 12.1 Å². The second kappa shape index (κ2) is 6.41. The maximum atomic E-state index is 9.37. The monoisotopic (exact) mass is 204 g/mol. The Morgan fingerprint density at radius 1 is 1.33 bits per heavy atom. The molecular formula is C14H20O. The van der Waals surface area contributed by atoms with Gasteiger partial charge in [0.1, 0.15) is 0 Å². The molecule has 0 aliphatic carbocycles. The van der Waals surface area contributed by atoms with Gasteiger partial charge >= 0.3 is 0 Å². The number of rotatable bonds is 6. The fourth-order valence-electron chi connectivity index (χ4n) is 2.12. The van der Waals surface area contributed by atoms with Crippen LogP contribution in [0.3, 0.4) is 0 Å². The van der Waals surface area contributed by atoms with Crippen molar-refractivity contribution in [1.29, 1.82) is 0 Å². The molecule has 1 rings (SSSR count). The molecule has 0 spiro atoms. The Morgan fingerprint density at radius 3 is 2.47 bits per heavy atom. The lowest BCUT2D eigenvalue weighted by atomic mass is 9.82. The molecule has 2 atom stereocenters. The van der Waals surface area contributed by atoms with Gasteiger partial charge in [0.2, 0.25) is 0 Å². The van der Waals surface area contributed by atoms with E-state index in [0.29, 0.717) is 11.8 Å². The lowest BCUT2D eigenvalue weighted by Gasteiger charge is -2.23. The van der Waals surface area contributed by atoms with Crippen molar-refractivity contribution >= 4 is 0 Å². The highest BCUT2D eigenvalue weighted by atomic mass is 16.3. The molecule has 0 unspecified atom stereocenters. The highest BCUT2D eigenvalue weighted by Crippen LogP contribution is 2.30. The third-order valence-electron chi connectivity index (χ3n) is 2.94. The Hall–Kier alpha value is -1.08. The van der Waals surface area contributed by atoms with Crippen LogP contribution in [0.2, 0.25) is 0 Å². The predicted molar refractivity (Wildman–Crippen MR) is 64.9 cm³/mol. The molecule has 0 aliphatic rings. The van der Waals surface area contributed by atoms with Crippen LogP contribution in [0.1, 0.15) is 31.2 Å². The van der Waals surface area contributed by atoms with E-state index in [1.54, 1.807) is 0 Å². The van der Waals surface area contributed by atoms with Crippen molar-refractivity contribution in [2.24, 2.45) is 5.92 Å². The number of hydrogen-bond donors (Lipinski definition) is 1. The highest BCUT2D eigenvalue weighted by Gasteiger charge is 2.19. The zero-order valence-corrected chi connectivity index (χ0v) is 9.39. The Morgan fingerprint density at radius 2 is 2.00 bits per heavy atom. The highest BCUT2D eigenvalue weighted by molar-refractivity contribution is 5.20. The first-order chi connectivity index (χ1) is 7.33. The summed E-state index contributed by atoms with van der Waals surface area (Å²) in [4.78, 5) is 0. The van der Waals surface area contributed by atoms with Gasteiger partial charge in [-0.3, -0.25) is 0 Å². The van der Waals surface area contributed by atoms with E-state index in [9.17, 15) is 5.11 Å². The Kier molecular flexibility index (Phi) is 5.13. The molecule has 1 aromatic rings. The van der Waals surface area contributed by atoms with Crippen molar-refractivity contribution in [3.8, 4) is 0 Å². The molecule has 0 saturated carbocycles. The topological polar surface area (TPSA) is 20.2 Å². The van der Waals surface area contributed by atoms with Crippen LogP contribution >= 0.6 is 0 Å². The molecule has 1 heteroatoms. The molecule has 0 aliphatic heterocycles. The summed E-state index contributed by atoms with van der Waals surface area (Å²) in [5, 5.41) is 9.37. The van der Waals surface area contributed by atoms with Gasteiger partial charge in [-0.1, -0.05) is 43.3 Å².